The van der Waals surface area contributed by atoms with Crippen molar-refractivity contribution in [3.05, 3.63) is 46.0 Å². The summed E-state index contributed by atoms with van der Waals surface area (Å²) in [4.78, 5) is 20.2. The van der Waals surface area contributed by atoms with Crippen LogP contribution in [-0.4, -0.2) is 10.2 Å². The Kier molecular flexibility index (Phi) is 3.36. The van der Waals surface area contributed by atoms with Gasteiger partial charge in [-0.3, -0.25) is 14.9 Å². The normalized spacial score (nSPS) is 10.4. The minimum Gasteiger partial charge on any atom is -0.276 e. The zero-order chi connectivity index (χ0) is 10.6. The first-order valence-electron chi connectivity index (χ1n) is 3.71. The van der Waals surface area contributed by atoms with Gasteiger partial charge in [0, 0.05) is 12.1 Å². The molecule has 0 saturated carbocycles. The fraction of sp³-hybridized carbons (Fsp3) is 0. The third kappa shape index (κ3) is 2.99. The lowest BCUT2D eigenvalue weighted by molar-refractivity contribution is -0.384. The number of allylic oxidation sites excluding steroid dienone is 1. The zero-order valence-corrected chi connectivity index (χ0v) is 7.77. The first kappa shape index (κ1) is 10.4. The third-order valence-corrected chi connectivity index (χ3v) is 1.64. The molecule has 4 nitrogen and oxygen atoms in total. The van der Waals surface area contributed by atoms with E-state index in [1.165, 1.54) is 36.4 Å². The van der Waals surface area contributed by atoms with Gasteiger partial charge in [0.1, 0.15) is 0 Å². The Bertz CT molecular complexity index is 384. The van der Waals surface area contributed by atoms with Crippen LogP contribution in [0.3, 0.4) is 0 Å². The van der Waals surface area contributed by atoms with Crippen LogP contribution >= 0.6 is 11.6 Å². The van der Waals surface area contributed by atoms with Crippen LogP contribution < -0.4 is 0 Å². The molecule has 0 radical (unpaired) electrons. The van der Waals surface area contributed by atoms with Gasteiger partial charge < -0.3 is 0 Å². The molecule has 0 aliphatic rings. The zero-order valence-electron chi connectivity index (χ0n) is 7.01. The predicted octanol–water partition coefficient (Wildman–Crippen LogP) is 2.37. The average molecular weight is 212 g/mol. The summed E-state index contributed by atoms with van der Waals surface area (Å²) >= 11 is 5.08. The van der Waals surface area contributed by atoms with E-state index >= 15 is 0 Å². The molecule has 1 rings (SSSR count). The number of benzene rings is 1. The number of nitrogens with zero attached hydrogens (tertiary/aromatic N) is 1. The lowest BCUT2D eigenvalue weighted by Gasteiger charge is -1.92. The summed E-state index contributed by atoms with van der Waals surface area (Å²) in [5.41, 5.74) is 0.698. The molecule has 1 aromatic carbocycles. The van der Waals surface area contributed by atoms with Crippen LogP contribution in [0.2, 0.25) is 0 Å². The highest BCUT2D eigenvalue weighted by Crippen LogP contribution is 2.12. The second kappa shape index (κ2) is 4.53. The first-order valence-corrected chi connectivity index (χ1v) is 4.09. The van der Waals surface area contributed by atoms with Crippen LogP contribution in [0.25, 0.3) is 6.08 Å². The minimum atomic E-state index is -0.580. The van der Waals surface area contributed by atoms with Crippen molar-refractivity contribution in [1.29, 1.82) is 0 Å². The van der Waals surface area contributed by atoms with Crippen molar-refractivity contribution < 1.29 is 9.72 Å². The fourth-order valence-electron chi connectivity index (χ4n) is 0.869. The van der Waals surface area contributed by atoms with Gasteiger partial charge in [0.2, 0.25) is 5.24 Å². The van der Waals surface area contributed by atoms with E-state index in [4.69, 9.17) is 11.6 Å². The number of rotatable bonds is 3. The van der Waals surface area contributed by atoms with Crippen LogP contribution in [0.15, 0.2) is 30.3 Å². The lowest BCUT2D eigenvalue weighted by Crippen LogP contribution is -1.86. The van der Waals surface area contributed by atoms with Crippen molar-refractivity contribution in [2.24, 2.45) is 0 Å². The average Bonchev–Trinajstić information content (AvgIpc) is 2.15. The molecule has 0 unspecified atom stereocenters. The van der Waals surface area contributed by atoms with Crippen LogP contribution in [-0.2, 0) is 4.79 Å². The van der Waals surface area contributed by atoms with Crippen molar-refractivity contribution in [1.82, 2.24) is 0 Å². The van der Waals surface area contributed by atoms with Gasteiger partial charge in [-0.2, -0.15) is 0 Å². The molecule has 0 aromatic heterocycles. The molecule has 0 N–H and O–H groups in total. The molecule has 0 fully saturated rings. The summed E-state index contributed by atoms with van der Waals surface area (Å²) < 4.78 is 0. The van der Waals surface area contributed by atoms with Crippen LogP contribution in [0.1, 0.15) is 5.56 Å². The quantitative estimate of drug-likeness (QED) is 0.334. The molecule has 72 valence electrons. The van der Waals surface area contributed by atoms with Crippen molar-refractivity contribution in [2.45, 2.75) is 0 Å². The van der Waals surface area contributed by atoms with Gasteiger partial charge in [-0.1, -0.05) is 6.08 Å². The van der Waals surface area contributed by atoms with Crippen LogP contribution in [0.4, 0.5) is 5.69 Å². The molecule has 0 amide bonds. The van der Waals surface area contributed by atoms with Gasteiger partial charge in [0.05, 0.1) is 4.92 Å². The van der Waals surface area contributed by atoms with E-state index in [-0.39, 0.29) is 5.69 Å². The van der Waals surface area contributed by atoms with Crippen molar-refractivity contribution in [2.75, 3.05) is 0 Å². The molecular weight excluding hydrogens is 206 g/mol. The van der Waals surface area contributed by atoms with Gasteiger partial charge in [0.15, 0.2) is 0 Å². The maximum atomic E-state index is 10.4. The second-order valence-corrected chi connectivity index (χ2v) is 2.86. The van der Waals surface area contributed by atoms with Gasteiger partial charge in [0.25, 0.3) is 5.69 Å². The first-order chi connectivity index (χ1) is 6.59. The number of hydrogen-bond acceptors (Lipinski definition) is 3. The highest BCUT2D eigenvalue weighted by Gasteiger charge is 2.02. The SMILES string of the molecule is O=C(Cl)C=Cc1ccc([N+](=O)[O-])cc1. The van der Waals surface area contributed by atoms with E-state index < -0.39 is 10.2 Å². The minimum absolute atomic E-state index is 0.0133. The Balaban J connectivity index is 2.83. The number of carbonyl (C=O) groups is 1. The molecule has 5 heteroatoms. The summed E-state index contributed by atoms with van der Waals surface area (Å²) in [5, 5.41) is 9.71. The molecule has 0 atom stereocenters. The standard InChI is InChI=1S/C9H6ClNO3/c10-9(12)6-3-7-1-4-8(5-2-7)11(13)14/h1-6H. The molecule has 0 heterocycles. The van der Waals surface area contributed by atoms with Crippen molar-refractivity contribution >= 4 is 28.6 Å². The van der Waals surface area contributed by atoms with E-state index in [1.807, 2.05) is 0 Å². The Morgan fingerprint density at radius 3 is 2.36 bits per heavy atom. The Morgan fingerprint density at radius 1 is 1.36 bits per heavy atom. The molecule has 14 heavy (non-hydrogen) atoms. The second-order valence-electron chi connectivity index (χ2n) is 2.49. The van der Waals surface area contributed by atoms with Gasteiger partial charge in [-0.25, -0.2) is 0 Å². The topological polar surface area (TPSA) is 60.2 Å². The number of carbonyl (C=O) groups excluding carboxylic acids is 1. The van der Waals surface area contributed by atoms with E-state index in [1.54, 1.807) is 0 Å². The number of nitro groups is 1. The molecule has 0 aliphatic carbocycles. The van der Waals surface area contributed by atoms with E-state index in [9.17, 15) is 14.9 Å². The van der Waals surface area contributed by atoms with E-state index in [2.05, 4.69) is 0 Å². The largest absolute Gasteiger partial charge is 0.276 e. The summed E-state index contributed by atoms with van der Waals surface area (Å²) in [7, 11) is 0. The van der Waals surface area contributed by atoms with E-state index in [0.29, 0.717) is 5.56 Å². The Labute approximate surface area is 85.0 Å². The maximum absolute atomic E-state index is 10.4. The van der Waals surface area contributed by atoms with Gasteiger partial charge in [-0.05, 0) is 35.4 Å². The molecule has 0 spiro atoms. The summed E-state index contributed by atoms with van der Waals surface area (Å²) in [5.74, 6) is 0. The monoisotopic (exact) mass is 211 g/mol. The number of nitro benzene ring substituents is 1. The van der Waals surface area contributed by atoms with Gasteiger partial charge >= 0.3 is 0 Å². The fourth-order valence-corrected chi connectivity index (χ4v) is 0.932. The van der Waals surface area contributed by atoms with E-state index in [0.717, 1.165) is 0 Å². The third-order valence-electron chi connectivity index (χ3n) is 1.51. The summed E-state index contributed by atoms with van der Waals surface area (Å²) in [6.07, 6.45) is 2.67. The highest BCUT2D eigenvalue weighted by molar-refractivity contribution is 6.66. The number of hydrogen-bond donors (Lipinski definition) is 0. The summed E-state index contributed by atoms with van der Waals surface area (Å²) in [6, 6.07) is 5.79. The molecule has 0 saturated heterocycles. The number of halogens is 1. The maximum Gasteiger partial charge on any atom is 0.269 e. The molecule has 1 aromatic rings. The molecular formula is C9H6ClNO3. The predicted molar refractivity (Wildman–Crippen MR) is 53.0 cm³/mol. The highest BCUT2D eigenvalue weighted by atomic mass is 35.5. The Morgan fingerprint density at radius 2 is 1.93 bits per heavy atom. The van der Waals surface area contributed by atoms with Crippen LogP contribution in [0, 0.1) is 10.1 Å². The Hall–Kier alpha value is -1.68. The lowest BCUT2D eigenvalue weighted by atomic mass is 10.2. The van der Waals surface area contributed by atoms with Crippen LogP contribution in [0.5, 0.6) is 0 Å². The molecule has 0 aliphatic heterocycles. The number of non-ortho nitro benzene ring substituents is 1. The summed E-state index contributed by atoms with van der Waals surface area (Å²) in [6.45, 7) is 0. The molecule has 0 bridgehead atoms. The van der Waals surface area contributed by atoms with Crippen molar-refractivity contribution in [3.8, 4) is 0 Å². The van der Waals surface area contributed by atoms with Crippen molar-refractivity contribution in [3.63, 3.8) is 0 Å². The smallest absolute Gasteiger partial charge is 0.269 e. The van der Waals surface area contributed by atoms with Gasteiger partial charge in [-0.15, -0.1) is 0 Å².